The second-order valence-electron chi connectivity index (χ2n) is 3.51. The highest BCUT2D eigenvalue weighted by Crippen LogP contribution is 2.22. The van der Waals surface area contributed by atoms with Gasteiger partial charge >= 0.3 is 0 Å². The Bertz CT molecular complexity index is 658. The number of benzene rings is 1. The van der Waals surface area contributed by atoms with Crippen LogP contribution in [0.2, 0.25) is 10.0 Å². The summed E-state index contributed by atoms with van der Waals surface area (Å²) in [7, 11) is 0. The first-order valence-electron chi connectivity index (χ1n) is 4.84. The van der Waals surface area contributed by atoms with Crippen LogP contribution in [-0.2, 0) is 6.54 Å². The summed E-state index contributed by atoms with van der Waals surface area (Å²) in [5.41, 5.74) is 0.556. The molecule has 0 unspecified atom stereocenters. The molecule has 0 aliphatic rings. The van der Waals surface area contributed by atoms with Crippen molar-refractivity contribution < 1.29 is 0 Å². The number of rotatable bonds is 2. The minimum absolute atomic E-state index is 0.226. The van der Waals surface area contributed by atoms with E-state index >= 15 is 0 Å². The van der Waals surface area contributed by atoms with Crippen LogP contribution in [-0.4, -0.2) is 9.78 Å². The standard InChI is InChI=1S/C11H6Br2Cl2N2O/c12-8-4-16-17(11(18)10(8)13)5-6-1-2-7(14)3-9(6)15/h1-4H,5H2. The molecule has 1 heterocycles. The molecule has 1 aromatic heterocycles. The summed E-state index contributed by atoms with van der Waals surface area (Å²) in [6.45, 7) is 0.292. The normalized spacial score (nSPS) is 10.7. The zero-order chi connectivity index (χ0) is 13.3. The molecular formula is C11H6Br2Cl2N2O. The molecule has 0 amide bonds. The van der Waals surface area contributed by atoms with Crippen LogP contribution < -0.4 is 5.56 Å². The zero-order valence-corrected chi connectivity index (χ0v) is 13.5. The highest BCUT2D eigenvalue weighted by atomic mass is 79.9. The van der Waals surface area contributed by atoms with Gasteiger partial charge in [-0.1, -0.05) is 29.3 Å². The van der Waals surface area contributed by atoms with Crippen molar-refractivity contribution in [3.05, 3.63) is 59.3 Å². The van der Waals surface area contributed by atoms with Gasteiger partial charge in [0.15, 0.2) is 0 Å². The van der Waals surface area contributed by atoms with Crippen LogP contribution in [0.4, 0.5) is 0 Å². The smallest absolute Gasteiger partial charge is 0.266 e. The molecule has 7 heteroatoms. The van der Waals surface area contributed by atoms with E-state index in [-0.39, 0.29) is 5.56 Å². The number of halogens is 4. The maximum absolute atomic E-state index is 11.9. The number of hydrogen-bond donors (Lipinski definition) is 0. The summed E-state index contributed by atoms with van der Waals surface area (Å²) in [4.78, 5) is 11.9. The van der Waals surface area contributed by atoms with Gasteiger partial charge in [-0.15, -0.1) is 0 Å². The van der Waals surface area contributed by atoms with Gasteiger partial charge in [-0.25, -0.2) is 4.68 Å². The van der Waals surface area contributed by atoms with Gasteiger partial charge in [0, 0.05) is 10.0 Å². The lowest BCUT2D eigenvalue weighted by atomic mass is 10.2. The summed E-state index contributed by atoms with van der Waals surface area (Å²) in [5.74, 6) is 0. The van der Waals surface area contributed by atoms with Crippen molar-refractivity contribution in [1.29, 1.82) is 0 Å². The van der Waals surface area contributed by atoms with Crippen LogP contribution in [0.3, 0.4) is 0 Å². The maximum Gasteiger partial charge on any atom is 0.282 e. The molecule has 2 aromatic rings. The molecule has 18 heavy (non-hydrogen) atoms. The van der Waals surface area contributed by atoms with Crippen molar-refractivity contribution >= 4 is 55.1 Å². The van der Waals surface area contributed by atoms with Crippen LogP contribution in [0.5, 0.6) is 0 Å². The minimum Gasteiger partial charge on any atom is -0.266 e. The number of aromatic nitrogens is 2. The van der Waals surface area contributed by atoms with Gasteiger partial charge in [0.25, 0.3) is 5.56 Å². The van der Waals surface area contributed by atoms with E-state index in [4.69, 9.17) is 23.2 Å². The molecular weight excluding hydrogens is 407 g/mol. The molecule has 3 nitrogen and oxygen atoms in total. The molecule has 0 aliphatic carbocycles. The average molecular weight is 413 g/mol. The highest BCUT2D eigenvalue weighted by molar-refractivity contribution is 9.13. The Morgan fingerprint density at radius 1 is 1.28 bits per heavy atom. The first-order valence-corrected chi connectivity index (χ1v) is 7.18. The largest absolute Gasteiger partial charge is 0.282 e. The van der Waals surface area contributed by atoms with E-state index in [1.807, 2.05) is 0 Å². The fourth-order valence-corrected chi connectivity index (χ4v) is 2.41. The molecule has 0 saturated heterocycles. The molecule has 0 saturated carbocycles. The van der Waals surface area contributed by atoms with Gasteiger partial charge in [-0.05, 0) is 49.6 Å². The fraction of sp³-hybridized carbons (Fsp3) is 0.0909. The average Bonchev–Trinajstić information content (AvgIpc) is 2.33. The Labute approximate surface area is 130 Å². The second kappa shape index (κ2) is 5.74. The van der Waals surface area contributed by atoms with Crippen LogP contribution in [0.1, 0.15) is 5.56 Å². The van der Waals surface area contributed by atoms with E-state index in [0.29, 0.717) is 25.5 Å². The lowest BCUT2D eigenvalue weighted by molar-refractivity contribution is 0.633. The van der Waals surface area contributed by atoms with Crippen LogP contribution in [0.15, 0.2) is 38.1 Å². The monoisotopic (exact) mass is 410 g/mol. The van der Waals surface area contributed by atoms with E-state index in [9.17, 15) is 4.79 Å². The van der Waals surface area contributed by atoms with Gasteiger partial charge in [0.2, 0.25) is 0 Å². The molecule has 0 radical (unpaired) electrons. The van der Waals surface area contributed by atoms with Gasteiger partial charge < -0.3 is 0 Å². The molecule has 0 aliphatic heterocycles. The predicted molar refractivity (Wildman–Crippen MR) is 79.5 cm³/mol. The van der Waals surface area contributed by atoms with E-state index in [2.05, 4.69) is 37.0 Å². The van der Waals surface area contributed by atoms with Crippen molar-refractivity contribution in [3.63, 3.8) is 0 Å². The van der Waals surface area contributed by atoms with Crippen LogP contribution >= 0.6 is 55.1 Å². The van der Waals surface area contributed by atoms with E-state index < -0.39 is 0 Å². The highest BCUT2D eigenvalue weighted by Gasteiger charge is 2.09. The summed E-state index contributed by atoms with van der Waals surface area (Å²) in [5, 5.41) is 5.10. The minimum atomic E-state index is -0.226. The third kappa shape index (κ3) is 2.96. The molecule has 0 fully saturated rings. The molecule has 2 rings (SSSR count). The van der Waals surface area contributed by atoms with Crippen molar-refractivity contribution in [2.24, 2.45) is 0 Å². The third-order valence-electron chi connectivity index (χ3n) is 2.28. The van der Waals surface area contributed by atoms with Gasteiger partial charge in [0.05, 0.1) is 17.2 Å². The van der Waals surface area contributed by atoms with Gasteiger partial charge in [0.1, 0.15) is 4.47 Å². The molecule has 1 aromatic carbocycles. The zero-order valence-electron chi connectivity index (χ0n) is 8.83. The lowest BCUT2D eigenvalue weighted by Crippen LogP contribution is -2.24. The third-order valence-corrected chi connectivity index (χ3v) is 4.76. The quantitative estimate of drug-likeness (QED) is 0.743. The SMILES string of the molecule is O=c1c(Br)c(Br)cnn1Cc1ccc(Cl)cc1Cl. The predicted octanol–water partition coefficient (Wildman–Crippen LogP) is 4.12. The van der Waals surface area contributed by atoms with Crippen LogP contribution in [0, 0.1) is 0 Å². The van der Waals surface area contributed by atoms with Gasteiger partial charge in [-0.2, -0.15) is 5.10 Å². The van der Waals surface area contributed by atoms with Crippen molar-refractivity contribution in [3.8, 4) is 0 Å². The van der Waals surface area contributed by atoms with E-state index in [0.717, 1.165) is 5.56 Å². The Kier molecular flexibility index (Phi) is 4.48. The lowest BCUT2D eigenvalue weighted by Gasteiger charge is -2.07. The molecule has 0 spiro atoms. The Balaban J connectivity index is 2.41. The Morgan fingerprint density at radius 3 is 2.67 bits per heavy atom. The van der Waals surface area contributed by atoms with Crippen molar-refractivity contribution in [2.75, 3.05) is 0 Å². The maximum atomic E-state index is 11.9. The first-order chi connectivity index (χ1) is 8.49. The number of nitrogens with zero attached hydrogens (tertiary/aromatic N) is 2. The molecule has 0 atom stereocenters. The van der Waals surface area contributed by atoms with Crippen LogP contribution in [0.25, 0.3) is 0 Å². The van der Waals surface area contributed by atoms with E-state index in [1.54, 1.807) is 24.4 Å². The topological polar surface area (TPSA) is 34.9 Å². The van der Waals surface area contributed by atoms with Crippen molar-refractivity contribution in [1.82, 2.24) is 9.78 Å². The Hall–Kier alpha value is -0.360. The molecule has 94 valence electrons. The van der Waals surface area contributed by atoms with E-state index in [1.165, 1.54) is 4.68 Å². The summed E-state index contributed by atoms with van der Waals surface area (Å²) < 4.78 is 2.37. The summed E-state index contributed by atoms with van der Waals surface area (Å²) in [6.07, 6.45) is 1.55. The van der Waals surface area contributed by atoms with Gasteiger partial charge in [-0.3, -0.25) is 4.79 Å². The second-order valence-corrected chi connectivity index (χ2v) is 6.00. The first kappa shape index (κ1) is 14.1. The fourth-order valence-electron chi connectivity index (χ4n) is 1.37. The molecule has 0 bridgehead atoms. The Morgan fingerprint density at radius 2 is 2.00 bits per heavy atom. The number of hydrogen-bond acceptors (Lipinski definition) is 2. The summed E-state index contributed by atoms with van der Waals surface area (Å²) in [6, 6.07) is 5.13. The summed E-state index contributed by atoms with van der Waals surface area (Å²) >= 11 is 18.3. The van der Waals surface area contributed by atoms with Crippen molar-refractivity contribution in [2.45, 2.75) is 6.54 Å². The molecule has 0 N–H and O–H groups in total.